The lowest BCUT2D eigenvalue weighted by atomic mass is 9.97. The van der Waals surface area contributed by atoms with E-state index in [0.717, 1.165) is 5.56 Å². The van der Waals surface area contributed by atoms with E-state index < -0.39 is 5.41 Å². The molecule has 0 N–H and O–H groups in total. The molecule has 0 fully saturated rings. The molecule has 0 spiro atoms. The number of benzene rings is 2. The average Bonchev–Trinajstić information content (AvgIpc) is 2.90. The summed E-state index contributed by atoms with van der Waals surface area (Å²) in [6.07, 6.45) is 5.30. The molecule has 1 aliphatic heterocycles. The van der Waals surface area contributed by atoms with E-state index in [2.05, 4.69) is 0 Å². The van der Waals surface area contributed by atoms with Crippen molar-refractivity contribution >= 4 is 17.8 Å². The van der Waals surface area contributed by atoms with Crippen LogP contribution in [0.2, 0.25) is 0 Å². The number of carbonyl (C=O) groups excluding carboxylic acids is 2. The summed E-state index contributed by atoms with van der Waals surface area (Å²) in [7, 11) is 0. The molecule has 0 unspecified atom stereocenters. The molecular formula is C22H20O4. The van der Waals surface area contributed by atoms with Crippen molar-refractivity contribution in [1.82, 2.24) is 0 Å². The van der Waals surface area contributed by atoms with E-state index in [4.69, 9.17) is 9.47 Å². The summed E-state index contributed by atoms with van der Waals surface area (Å²) in [5.41, 5.74) is 0.881. The molecular weight excluding hydrogens is 328 g/mol. The SMILES string of the molecule is CC(C)(C)C(=O)Oc1ccc2c(c1)OC(=CC=Cc1ccccc1)C2=O. The van der Waals surface area contributed by atoms with E-state index in [0.29, 0.717) is 17.1 Å². The lowest BCUT2D eigenvalue weighted by molar-refractivity contribution is -0.143. The highest BCUT2D eigenvalue weighted by Gasteiger charge is 2.29. The molecule has 0 radical (unpaired) electrons. The highest BCUT2D eigenvalue weighted by atomic mass is 16.5. The first kappa shape index (κ1) is 17.7. The summed E-state index contributed by atoms with van der Waals surface area (Å²) in [4.78, 5) is 24.4. The van der Waals surface area contributed by atoms with Gasteiger partial charge in [-0.3, -0.25) is 9.59 Å². The second-order valence-corrected chi connectivity index (χ2v) is 7.03. The van der Waals surface area contributed by atoms with Gasteiger partial charge in [0.2, 0.25) is 5.78 Å². The van der Waals surface area contributed by atoms with Gasteiger partial charge in [-0.05, 0) is 44.5 Å². The largest absolute Gasteiger partial charge is 0.452 e. The van der Waals surface area contributed by atoms with Gasteiger partial charge < -0.3 is 9.47 Å². The molecule has 132 valence electrons. The third-order valence-corrected chi connectivity index (χ3v) is 3.80. The number of ketones is 1. The number of carbonyl (C=O) groups is 2. The van der Waals surface area contributed by atoms with E-state index in [9.17, 15) is 9.59 Å². The molecule has 26 heavy (non-hydrogen) atoms. The van der Waals surface area contributed by atoms with E-state index in [1.807, 2.05) is 36.4 Å². The lowest BCUT2D eigenvalue weighted by Crippen LogP contribution is -2.25. The quantitative estimate of drug-likeness (QED) is 0.454. The Hall–Kier alpha value is -3.14. The number of esters is 1. The molecule has 0 saturated carbocycles. The van der Waals surface area contributed by atoms with Gasteiger partial charge in [0.05, 0.1) is 11.0 Å². The predicted molar refractivity (Wildman–Crippen MR) is 100 cm³/mol. The van der Waals surface area contributed by atoms with Crippen LogP contribution in [0.4, 0.5) is 0 Å². The maximum Gasteiger partial charge on any atom is 0.316 e. The van der Waals surface area contributed by atoms with Crippen molar-refractivity contribution in [2.45, 2.75) is 20.8 Å². The summed E-state index contributed by atoms with van der Waals surface area (Å²) in [5, 5.41) is 0. The molecule has 0 atom stereocenters. The Labute approximate surface area is 152 Å². The Morgan fingerprint density at radius 1 is 1.08 bits per heavy atom. The van der Waals surface area contributed by atoms with Crippen LogP contribution in [0, 0.1) is 5.41 Å². The topological polar surface area (TPSA) is 52.6 Å². The fourth-order valence-electron chi connectivity index (χ4n) is 2.32. The molecule has 3 rings (SSSR count). The number of hydrogen-bond donors (Lipinski definition) is 0. The number of allylic oxidation sites excluding steroid dienone is 3. The van der Waals surface area contributed by atoms with E-state index >= 15 is 0 Å². The lowest BCUT2D eigenvalue weighted by Gasteiger charge is -2.16. The molecule has 2 aromatic carbocycles. The molecule has 0 aliphatic carbocycles. The van der Waals surface area contributed by atoms with Gasteiger partial charge in [-0.2, -0.15) is 0 Å². The summed E-state index contributed by atoms with van der Waals surface area (Å²) in [6, 6.07) is 14.6. The van der Waals surface area contributed by atoms with Gasteiger partial charge in [-0.15, -0.1) is 0 Å². The summed E-state index contributed by atoms with van der Waals surface area (Å²) in [5.74, 6) is 0.465. The van der Waals surface area contributed by atoms with E-state index in [1.165, 1.54) is 0 Å². The van der Waals surface area contributed by atoms with Gasteiger partial charge in [-0.25, -0.2) is 0 Å². The van der Waals surface area contributed by atoms with Crippen LogP contribution < -0.4 is 9.47 Å². The standard InChI is InChI=1S/C22H20O4/c1-22(2,3)21(24)25-16-12-13-17-19(14-16)26-18(20(17)23)11-7-10-15-8-5-4-6-9-15/h4-14H,1-3H3. The zero-order valence-electron chi connectivity index (χ0n) is 15.0. The fraction of sp³-hybridized carbons (Fsp3) is 0.182. The first-order chi connectivity index (χ1) is 12.3. The van der Waals surface area contributed by atoms with Crippen LogP contribution in [0.15, 0.2) is 66.4 Å². The van der Waals surface area contributed by atoms with Crippen LogP contribution in [0.25, 0.3) is 6.08 Å². The molecule has 1 heterocycles. The monoisotopic (exact) mass is 348 g/mol. The van der Waals surface area contributed by atoms with Crippen molar-refractivity contribution < 1.29 is 19.1 Å². The third-order valence-electron chi connectivity index (χ3n) is 3.80. The van der Waals surface area contributed by atoms with Crippen molar-refractivity contribution in [3.05, 3.63) is 77.6 Å². The van der Waals surface area contributed by atoms with E-state index in [-0.39, 0.29) is 17.5 Å². The molecule has 4 heteroatoms. The Morgan fingerprint density at radius 2 is 1.81 bits per heavy atom. The van der Waals surface area contributed by atoms with Gasteiger partial charge >= 0.3 is 5.97 Å². The second kappa shape index (κ2) is 7.00. The van der Waals surface area contributed by atoms with Gasteiger partial charge in [0.15, 0.2) is 5.76 Å². The Kier molecular flexibility index (Phi) is 4.76. The molecule has 4 nitrogen and oxygen atoms in total. The van der Waals surface area contributed by atoms with Crippen molar-refractivity contribution in [3.63, 3.8) is 0 Å². The minimum atomic E-state index is -0.608. The highest BCUT2D eigenvalue weighted by molar-refractivity contribution is 6.12. The normalized spacial score (nSPS) is 15.2. The van der Waals surface area contributed by atoms with Crippen LogP contribution >= 0.6 is 0 Å². The van der Waals surface area contributed by atoms with Crippen LogP contribution in [-0.4, -0.2) is 11.8 Å². The molecule has 0 bridgehead atoms. The van der Waals surface area contributed by atoms with Gasteiger partial charge in [-0.1, -0.05) is 42.5 Å². The Bertz CT molecular complexity index is 899. The van der Waals surface area contributed by atoms with E-state index in [1.54, 1.807) is 51.1 Å². The maximum atomic E-state index is 12.4. The zero-order chi connectivity index (χ0) is 18.7. The van der Waals surface area contributed by atoms with Crippen LogP contribution in [0.5, 0.6) is 11.5 Å². The summed E-state index contributed by atoms with van der Waals surface area (Å²) < 4.78 is 11.0. The minimum absolute atomic E-state index is 0.189. The number of Topliss-reactive ketones (excluding diaryl/α,β-unsaturated/α-hetero) is 1. The van der Waals surface area contributed by atoms with Crippen LogP contribution in [0.3, 0.4) is 0 Å². The van der Waals surface area contributed by atoms with Gasteiger partial charge in [0.1, 0.15) is 11.5 Å². The molecule has 0 amide bonds. The van der Waals surface area contributed by atoms with Crippen molar-refractivity contribution in [1.29, 1.82) is 0 Å². The van der Waals surface area contributed by atoms with Crippen molar-refractivity contribution in [3.8, 4) is 11.5 Å². The van der Waals surface area contributed by atoms with Crippen molar-refractivity contribution in [2.24, 2.45) is 5.41 Å². The first-order valence-electron chi connectivity index (χ1n) is 8.37. The molecule has 2 aromatic rings. The second-order valence-electron chi connectivity index (χ2n) is 7.03. The smallest absolute Gasteiger partial charge is 0.316 e. The third kappa shape index (κ3) is 3.91. The van der Waals surface area contributed by atoms with Gasteiger partial charge in [0, 0.05) is 6.07 Å². The first-order valence-corrected chi connectivity index (χ1v) is 8.37. The highest BCUT2D eigenvalue weighted by Crippen LogP contribution is 2.34. The summed E-state index contributed by atoms with van der Waals surface area (Å²) in [6.45, 7) is 5.34. The van der Waals surface area contributed by atoms with Crippen molar-refractivity contribution in [2.75, 3.05) is 0 Å². The zero-order valence-corrected chi connectivity index (χ0v) is 15.0. The molecule has 0 aromatic heterocycles. The fourth-order valence-corrected chi connectivity index (χ4v) is 2.32. The maximum absolute atomic E-state index is 12.4. The number of rotatable bonds is 3. The summed E-state index contributed by atoms with van der Waals surface area (Å²) >= 11 is 0. The van der Waals surface area contributed by atoms with Gasteiger partial charge in [0.25, 0.3) is 0 Å². The predicted octanol–water partition coefficient (Wildman–Crippen LogP) is 4.81. The molecule has 1 aliphatic rings. The number of ether oxygens (including phenoxy) is 2. The Balaban J connectivity index is 1.75. The molecule has 0 saturated heterocycles. The van der Waals surface area contributed by atoms with Crippen LogP contribution in [-0.2, 0) is 4.79 Å². The minimum Gasteiger partial charge on any atom is -0.452 e. The van der Waals surface area contributed by atoms with Crippen LogP contribution in [0.1, 0.15) is 36.7 Å². The average molecular weight is 348 g/mol. The Morgan fingerprint density at radius 3 is 2.50 bits per heavy atom. The number of fused-ring (bicyclic) bond motifs is 1. The number of hydrogen-bond acceptors (Lipinski definition) is 4.